The van der Waals surface area contributed by atoms with Crippen molar-refractivity contribution in [2.24, 2.45) is 5.92 Å². The van der Waals surface area contributed by atoms with E-state index in [1.807, 2.05) is 25.1 Å². The summed E-state index contributed by atoms with van der Waals surface area (Å²) in [5.74, 6) is 7.78. The van der Waals surface area contributed by atoms with Crippen LogP contribution < -0.4 is 4.90 Å². The number of aromatic nitrogens is 2. The zero-order chi connectivity index (χ0) is 9.97. The van der Waals surface area contributed by atoms with Crippen molar-refractivity contribution in [3.8, 4) is 11.8 Å². The van der Waals surface area contributed by atoms with Crippen molar-refractivity contribution in [1.29, 1.82) is 0 Å². The number of rotatable bonds is 1. The van der Waals surface area contributed by atoms with E-state index in [2.05, 4.69) is 21.8 Å². The highest BCUT2D eigenvalue weighted by Gasteiger charge is 2.17. The smallest absolute Gasteiger partial charge is 0.132 e. The van der Waals surface area contributed by atoms with Gasteiger partial charge in [0.25, 0.3) is 0 Å². The molecule has 0 atom stereocenters. The third-order valence-electron chi connectivity index (χ3n) is 2.09. The van der Waals surface area contributed by atoms with Gasteiger partial charge in [0.1, 0.15) is 17.8 Å². The molecule has 1 aromatic rings. The van der Waals surface area contributed by atoms with Crippen LogP contribution in [0.25, 0.3) is 0 Å². The number of nitrogens with zero attached hydrogens (tertiary/aromatic N) is 3. The Morgan fingerprint density at radius 1 is 1.36 bits per heavy atom. The van der Waals surface area contributed by atoms with Crippen LogP contribution in [-0.2, 0) is 0 Å². The minimum Gasteiger partial charge on any atom is -0.363 e. The molecule has 72 valence electrons. The predicted molar refractivity (Wildman–Crippen MR) is 56.0 cm³/mol. The van der Waals surface area contributed by atoms with E-state index in [0.29, 0.717) is 5.92 Å². The first kappa shape index (κ1) is 9.01. The van der Waals surface area contributed by atoms with Crippen molar-refractivity contribution < 1.29 is 0 Å². The molecule has 0 spiro atoms. The standard InChI is InChI=1S/C11H13N3/c1-14(2)11-7-10(12-8-13-11)6-5-9-3-4-9/h7-9H,3-4H2,1-2H3. The number of hydrogen-bond donors (Lipinski definition) is 0. The van der Waals surface area contributed by atoms with E-state index in [-0.39, 0.29) is 0 Å². The summed E-state index contributed by atoms with van der Waals surface area (Å²) in [4.78, 5) is 10.2. The molecule has 0 unspecified atom stereocenters. The second-order valence-corrected chi connectivity index (χ2v) is 3.70. The van der Waals surface area contributed by atoms with Crippen LogP contribution in [0, 0.1) is 17.8 Å². The van der Waals surface area contributed by atoms with E-state index in [1.165, 1.54) is 12.8 Å². The summed E-state index contributed by atoms with van der Waals surface area (Å²) in [7, 11) is 3.92. The molecule has 1 aliphatic rings. The SMILES string of the molecule is CN(C)c1cc(C#CC2CC2)ncn1. The summed E-state index contributed by atoms with van der Waals surface area (Å²) >= 11 is 0. The Balaban J connectivity index is 2.18. The van der Waals surface area contributed by atoms with Gasteiger partial charge in [0.05, 0.1) is 0 Å². The highest BCUT2D eigenvalue weighted by molar-refractivity contribution is 5.42. The molecule has 14 heavy (non-hydrogen) atoms. The fourth-order valence-electron chi connectivity index (χ4n) is 1.06. The zero-order valence-corrected chi connectivity index (χ0v) is 8.49. The Labute approximate surface area is 84.2 Å². The number of anilines is 1. The highest BCUT2D eigenvalue weighted by Crippen LogP contribution is 2.27. The van der Waals surface area contributed by atoms with E-state index < -0.39 is 0 Å². The quantitative estimate of drug-likeness (QED) is 0.621. The lowest BCUT2D eigenvalue weighted by Crippen LogP contribution is -2.10. The van der Waals surface area contributed by atoms with Crippen molar-refractivity contribution in [1.82, 2.24) is 9.97 Å². The second-order valence-electron chi connectivity index (χ2n) is 3.70. The fraction of sp³-hybridized carbons (Fsp3) is 0.455. The Morgan fingerprint density at radius 3 is 2.79 bits per heavy atom. The van der Waals surface area contributed by atoms with Gasteiger partial charge >= 0.3 is 0 Å². The fourth-order valence-corrected chi connectivity index (χ4v) is 1.06. The normalized spacial score (nSPS) is 14.4. The second kappa shape index (κ2) is 3.67. The van der Waals surface area contributed by atoms with Crippen LogP contribution in [0.5, 0.6) is 0 Å². The Morgan fingerprint density at radius 2 is 2.14 bits per heavy atom. The first-order valence-corrected chi connectivity index (χ1v) is 4.76. The summed E-state index contributed by atoms with van der Waals surface area (Å²) in [5, 5.41) is 0. The minimum absolute atomic E-state index is 0.618. The minimum atomic E-state index is 0.618. The predicted octanol–water partition coefficient (Wildman–Crippen LogP) is 1.30. The van der Waals surface area contributed by atoms with Crippen LogP contribution in [0.4, 0.5) is 5.82 Å². The van der Waals surface area contributed by atoms with Gasteiger partial charge in [-0.15, -0.1) is 0 Å². The Hall–Kier alpha value is -1.56. The molecular weight excluding hydrogens is 174 g/mol. The zero-order valence-electron chi connectivity index (χ0n) is 8.49. The maximum atomic E-state index is 4.13. The van der Waals surface area contributed by atoms with Gasteiger partial charge in [0.15, 0.2) is 0 Å². The van der Waals surface area contributed by atoms with Gasteiger partial charge in [0, 0.05) is 26.1 Å². The maximum Gasteiger partial charge on any atom is 0.132 e. The van der Waals surface area contributed by atoms with E-state index in [1.54, 1.807) is 6.33 Å². The van der Waals surface area contributed by atoms with Crippen LogP contribution in [0.2, 0.25) is 0 Å². The van der Waals surface area contributed by atoms with Crippen molar-refractivity contribution >= 4 is 5.82 Å². The van der Waals surface area contributed by atoms with Crippen molar-refractivity contribution in [3.05, 3.63) is 18.1 Å². The lowest BCUT2D eigenvalue weighted by atomic mass is 10.3. The van der Waals surface area contributed by atoms with Crippen molar-refractivity contribution in [2.75, 3.05) is 19.0 Å². The van der Waals surface area contributed by atoms with Gasteiger partial charge in [-0.1, -0.05) is 5.92 Å². The molecule has 0 radical (unpaired) electrons. The first-order chi connectivity index (χ1) is 6.75. The Kier molecular flexibility index (Phi) is 2.36. The van der Waals surface area contributed by atoms with E-state index in [4.69, 9.17) is 0 Å². The molecule has 1 fully saturated rings. The molecule has 0 bridgehead atoms. The average molecular weight is 187 g/mol. The molecule has 1 aromatic heterocycles. The van der Waals surface area contributed by atoms with Crippen LogP contribution in [-0.4, -0.2) is 24.1 Å². The van der Waals surface area contributed by atoms with E-state index in [0.717, 1.165) is 11.5 Å². The highest BCUT2D eigenvalue weighted by atomic mass is 15.1. The van der Waals surface area contributed by atoms with Crippen LogP contribution in [0.3, 0.4) is 0 Å². The number of hydrogen-bond acceptors (Lipinski definition) is 3. The van der Waals surface area contributed by atoms with Crippen LogP contribution >= 0.6 is 0 Å². The Bertz CT molecular complexity index is 383. The average Bonchev–Trinajstić information content (AvgIpc) is 2.99. The summed E-state index contributed by atoms with van der Waals surface area (Å²) in [6.45, 7) is 0. The van der Waals surface area contributed by atoms with Gasteiger partial charge in [-0.3, -0.25) is 0 Å². The molecule has 0 N–H and O–H groups in total. The molecule has 2 rings (SSSR count). The molecular formula is C11H13N3. The molecule has 0 aromatic carbocycles. The van der Waals surface area contributed by atoms with Gasteiger partial charge in [-0.25, -0.2) is 9.97 Å². The van der Waals surface area contributed by atoms with Gasteiger partial charge < -0.3 is 4.90 Å². The molecule has 0 amide bonds. The van der Waals surface area contributed by atoms with E-state index >= 15 is 0 Å². The molecule has 3 heteroatoms. The molecule has 1 aliphatic carbocycles. The molecule has 0 saturated heterocycles. The molecule has 1 saturated carbocycles. The van der Waals surface area contributed by atoms with Crippen LogP contribution in [0.1, 0.15) is 18.5 Å². The summed E-state index contributed by atoms with van der Waals surface area (Å²) in [6.07, 6.45) is 4.06. The van der Waals surface area contributed by atoms with E-state index in [9.17, 15) is 0 Å². The van der Waals surface area contributed by atoms with Gasteiger partial charge in [0.2, 0.25) is 0 Å². The lowest BCUT2D eigenvalue weighted by Gasteiger charge is -2.09. The maximum absolute atomic E-state index is 4.13. The summed E-state index contributed by atoms with van der Waals surface area (Å²) in [6, 6.07) is 1.91. The largest absolute Gasteiger partial charge is 0.363 e. The molecule has 1 heterocycles. The van der Waals surface area contributed by atoms with Crippen molar-refractivity contribution in [3.63, 3.8) is 0 Å². The lowest BCUT2D eigenvalue weighted by molar-refractivity contribution is 1.03. The third kappa shape index (κ3) is 2.23. The van der Waals surface area contributed by atoms with Gasteiger partial charge in [-0.2, -0.15) is 0 Å². The summed E-state index contributed by atoms with van der Waals surface area (Å²) < 4.78 is 0. The summed E-state index contributed by atoms with van der Waals surface area (Å²) in [5.41, 5.74) is 0.815. The molecule has 0 aliphatic heterocycles. The molecule has 3 nitrogen and oxygen atoms in total. The topological polar surface area (TPSA) is 29.0 Å². The third-order valence-corrected chi connectivity index (χ3v) is 2.09. The van der Waals surface area contributed by atoms with Gasteiger partial charge in [-0.05, 0) is 18.8 Å². The van der Waals surface area contributed by atoms with Crippen molar-refractivity contribution in [2.45, 2.75) is 12.8 Å². The van der Waals surface area contributed by atoms with Crippen LogP contribution in [0.15, 0.2) is 12.4 Å². The first-order valence-electron chi connectivity index (χ1n) is 4.76. The monoisotopic (exact) mass is 187 g/mol.